The maximum absolute atomic E-state index is 5.62. The highest BCUT2D eigenvalue weighted by Crippen LogP contribution is 2.23. The molecule has 0 aliphatic carbocycles. The molecule has 2 N–H and O–H groups in total. The van der Waals surface area contributed by atoms with Crippen molar-refractivity contribution < 1.29 is 0 Å². The van der Waals surface area contributed by atoms with Gasteiger partial charge in [-0.25, -0.2) is 4.68 Å². The molecule has 0 unspecified atom stereocenters. The van der Waals surface area contributed by atoms with Gasteiger partial charge in [0, 0.05) is 12.2 Å². The lowest BCUT2D eigenvalue weighted by Crippen LogP contribution is -2.11. The zero-order chi connectivity index (χ0) is 13.3. The third-order valence-corrected chi connectivity index (χ3v) is 3.13. The van der Waals surface area contributed by atoms with Crippen LogP contribution in [0.5, 0.6) is 0 Å². The first kappa shape index (κ1) is 12.8. The Bertz CT molecular complexity index is 530. The highest BCUT2D eigenvalue weighted by Gasteiger charge is 2.13. The molecule has 1 aromatic carbocycles. The van der Waals surface area contributed by atoms with Crippen molar-refractivity contribution in [2.45, 2.75) is 39.7 Å². The van der Waals surface area contributed by atoms with Gasteiger partial charge in [0.15, 0.2) is 0 Å². The first-order chi connectivity index (χ1) is 8.41. The molecule has 0 saturated heterocycles. The van der Waals surface area contributed by atoms with Gasteiger partial charge >= 0.3 is 0 Å². The molecule has 96 valence electrons. The van der Waals surface area contributed by atoms with Crippen molar-refractivity contribution in [1.82, 2.24) is 9.78 Å². The number of aromatic nitrogens is 2. The molecule has 0 amide bonds. The molecule has 0 spiro atoms. The van der Waals surface area contributed by atoms with Crippen molar-refractivity contribution >= 4 is 0 Å². The van der Waals surface area contributed by atoms with E-state index in [0.29, 0.717) is 6.54 Å². The topological polar surface area (TPSA) is 43.8 Å². The number of aryl methyl sites for hydroxylation is 1. The van der Waals surface area contributed by atoms with Gasteiger partial charge in [-0.1, -0.05) is 32.9 Å². The van der Waals surface area contributed by atoms with Gasteiger partial charge in [-0.2, -0.15) is 5.10 Å². The second kappa shape index (κ2) is 4.58. The van der Waals surface area contributed by atoms with E-state index in [1.165, 1.54) is 5.56 Å². The standard InChI is InChI=1S/C15H21N3/c1-11-9-13(10-16)17-18(11)14-7-5-12(6-8-14)15(2,3)4/h5-9H,10,16H2,1-4H3. The normalized spacial score (nSPS) is 11.8. The lowest BCUT2D eigenvalue weighted by Gasteiger charge is -2.19. The minimum atomic E-state index is 0.181. The Balaban J connectivity index is 2.37. The van der Waals surface area contributed by atoms with Crippen molar-refractivity contribution in [2.75, 3.05) is 0 Å². The average Bonchev–Trinajstić information content (AvgIpc) is 2.70. The van der Waals surface area contributed by atoms with E-state index in [4.69, 9.17) is 5.73 Å². The summed E-state index contributed by atoms with van der Waals surface area (Å²) in [7, 11) is 0. The van der Waals surface area contributed by atoms with E-state index >= 15 is 0 Å². The van der Waals surface area contributed by atoms with E-state index in [2.05, 4.69) is 50.1 Å². The lowest BCUT2D eigenvalue weighted by molar-refractivity contribution is 0.590. The molecule has 3 nitrogen and oxygen atoms in total. The van der Waals surface area contributed by atoms with Crippen LogP contribution in [0.15, 0.2) is 30.3 Å². The Labute approximate surface area is 109 Å². The van der Waals surface area contributed by atoms with Crippen LogP contribution in [0, 0.1) is 6.92 Å². The Hall–Kier alpha value is -1.61. The molecule has 18 heavy (non-hydrogen) atoms. The van der Waals surface area contributed by atoms with Crippen LogP contribution >= 0.6 is 0 Å². The largest absolute Gasteiger partial charge is 0.325 e. The molecule has 0 atom stereocenters. The third-order valence-electron chi connectivity index (χ3n) is 3.13. The molecule has 0 bridgehead atoms. The van der Waals surface area contributed by atoms with Crippen molar-refractivity contribution in [2.24, 2.45) is 5.73 Å². The van der Waals surface area contributed by atoms with Gasteiger partial charge in [0.2, 0.25) is 0 Å². The molecule has 0 aliphatic rings. The van der Waals surface area contributed by atoms with E-state index < -0.39 is 0 Å². The fourth-order valence-electron chi connectivity index (χ4n) is 2.00. The number of nitrogens with zero attached hydrogens (tertiary/aromatic N) is 2. The van der Waals surface area contributed by atoms with Gasteiger partial charge in [-0.3, -0.25) is 0 Å². The van der Waals surface area contributed by atoms with Crippen LogP contribution in [0.2, 0.25) is 0 Å². The summed E-state index contributed by atoms with van der Waals surface area (Å²) in [5, 5.41) is 4.48. The third kappa shape index (κ3) is 2.46. The number of hydrogen-bond acceptors (Lipinski definition) is 2. The predicted octanol–water partition coefficient (Wildman–Crippen LogP) is 2.94. The fraction of sp³-hybridized carbons (Fsp3) is 0.400. The fourth-order valence-corrected chi connectivity index (χ4v) is 2.00. The molecule has 1 heterocycles. The summed E-state index contributed by atoms with van der Waals surface area (Å²) in [6.07, 6.45) is 0. The molecular weight excluding hydrogens is 222 g/mol. The van der Waals surface area contributed by atoms with Crippen LogP contribution in [-0.4, -0.2) is 9.78 Å². The van der Waals surface area contributed by atoms with Gasteiger partial charge in [0.1, 0.15) is 0 Å². The van der Waals surface area contributed by atoms with Gasteiger partial charge in [0.25, 0.3) is 0 Å². The van der Waals surface area contributed by atoms with Crippen LogP contribution in [0.3, 0.4) is 0 Å². The van der Waals surface area contributed by atoms with Crippen molar-refractivity contribution in [3.8, 4) is 5.69 Å². The van der Waals surface area contributed by atoms with Gasteiger partial charge < -0.3 is 5.73 Å². The second-order valence-electron chi connectivity index (χ2n) is 5.69. The highest BCUT2D eigenvalue weighted by molar-refractivity contribution is 5.38. The van der Waals surface area contributed by atoms with E-state index in [-0.39, 0.29) is 5.41 Å². The summed E-state index contributed by atoms with van der Waals surface area (Å²) in [6.45, 7) is 9.17. The van der Waals surface area contributed by atoms with Crippen LogP contribution < -0.4 is 5.73 Å². The van der Waals surface area contributed by atoms with E-state index in [1.807, 2.05) is 17.7 Å². The maximum atomic E-state index is 5.62. The van der Waals surface area contributed by atoms with Crippen LogP contribution in [-0.2, 0) is 12.0 Å². The van der Waals surface area contributed by atoms with E-state index in [9.17, 15) is 0 Å². The molecule has 0 fully saturated rings. The average molecular weight is 243 g/mol. The molecule has 2 aromatic rings. The Morgan fingerprint density at radius 2 is 1.78 bits per heavy atom. The maximum Gasteiger partial charge on any atom is 0.0767 e. The number of benzene rings is 1. The summed E-state index contributed by atoms with van der Waals surface area (Å²) < 4.78 is 1.94. The Kier molecular flexibility index (Phi) is 3.26. The van der Waals surface area contributed by atoms with Gasteiger partial charge in [-0.15, -0.1) is 0 Å². The van der Waals surface area contributed by atoms with E-state index in [0.717, 1.165) is 17.1 Å². The molecule has 1 aromatic heterocycles. The van der Waals surface area contributed by atoms with Crippen LogP contribution in [0.4, 0.5) is 0 Å². The quantitative estimate of drug-likeness (QED) is 0.881. The van der Waals surface area contributed by atoms with Gasteiger partial charge in [-0.05, 0) is 36.1 Å². The molecule has 2 rings (SSSR count). The summed E-state index contributed by atoms with van der Waals surface area (Å²) >= 11 is 0. The van der Waals surface area contributed by atoms with Crippen LogP contribution in [0.1, 0.15) is 37.7 Å². The van der Waals surface area contributed by atoms with Crippen molar-refractivity contribution in [3.63, 3.8) is 0 Å². The zero-order valence-electron chi connectivity index (χ0n) is 11.6. The minimum absolute atomic E-state index is 0.181. The predicted molar refractivity (Wildman–Crippen MR) is 74.9 cm³/mol. The Morgan fingerprint density at radius 3 is 2.22 bits per heavy atom. The van der Waals surface area contributed by atoms with Crippen molar-refractivity contribution in [1.29, 1.82) is 0 Å². The monoisotopic (exact) mass is 243 g/mol. The first-order valence-electron chi connectivity index (χ1n) is 6.28. The van der Waals surface area contributed by atoms with Gasteiger partial charge in [0.05, 0.1) is 11.4 Å². The number of rotatable bonds is 2. The van der Waals surface area contributed by atoms with Crippen LogP contribution in [0.25, 0.3) is 5.69 Å². The molecule has 0 saturated carbocycles. The summed E-state index contributed by atoms with van der Waals surface area (Å²) in [6, 6.07) is 10.6. The molecule has 0 aliphatic heterocycles. The number of hydrogen-bond donors (Lipinski definition) is 1. The summed E-state index contributed by atoms with van der Waals surface area (Å²) in [4.78, 5) is 0. The first-order valence-corrected chi connectivity index (χ1v) is 6.28. The van der Waals surface area contributed by atoms with Crippen molar-refractivity contribution in [3.05, 3.63) is 47.3 Å². The summed E-state index contributed by atoms with van der Waals surface area (Å²) in [5.74, 6) is 0. The lowest BCUT2D eigenvalue weighted by atomic mass is 9.87. The minimum Gasteiger partial charge on any atom is -0.325 e. The zero-order valence-corrected chi connectivity index (χ0v) is 11.6. The Morgan fingerprint density at radius 1 is 1.17 bits per heavy atom. The second-order valence-corrected chi connectivity index (χ2v) is 5.69. The molecule has 3 heteroatoms. The molecular formula is C15H21N3. The number of nitrogens with two attached hydrogens (primary N) is 1. The molecule has 0 radical (unpaired) electrons. The SMILES string of the molecule is Cc1cc(CN)nn1-c1ccc(C(C)(C)C)cc1. The highest BCUT2D eigenvalue weighted by atomic mass is 15.3. The smallest absolute Gasteiger partial charge is 0.0767 e. The van der Waals surface area contributed by atoms with E-state index in [1.54, 1.807) is 0 Å². The summed E-state index contributed by atoms with van der Waals surface area (Å²) in [5.41, 5.74) is 10.2.